The molecule has 0 bridgehead atoms. The summed E-state index contributed by atoms with van der Waals surface area (Å²) < 4.78 is 5.38. The van der Waals surface area contributed by atoms with Crippen LogP contribution in [0.5, 0.6) is 0 Å². The fourth-order valence-electron chi connectivity index (χ4n) is 3.06. The number of benzene rings is 1. The molecule has 2 nitrogen and oxygen atoms in total. The summed E-state index contributed by atoms with van der Waals surface area (Å²) in [4.78, 5) is 11.8. The Balaban J connectivity index is 1.94. The van der Waals surface area contributed by atoms with Crippen LogP contribution in [0.25, 0.3) is 0 Å². The molecule has 0 fully saturated rings. The first-order valence-electron chi connectivity index (χ1n) is 10.3. The summed E-state index contributed by atoms with van der Waals surface area (Å²) in [7, 11) is 0. The second kappa shape index (κ2) is 13.9. The number of unbranched alkanes of at least 4 members (excludes halogenated alkanes) is 10. The van der Waals surface area contributed by atoms with Crippen molar-refractivity contribution in [3.05, 3.63) is 34.9 Å². The molecular formula is C23H38O2. The minimum atomic E-state index is -0.0610. The van der Waals surface area contributed by atoms with E-state index in [1.807, 2.05) is 6.07 Å². The quantitative estimate of drug-likeness (QED) is 0.266. The van der Waals surface area contributed by atoms with Gasteiger partial charge in [-0.1, -0.05) is 89.3 Å². The lowest BCUT2D eigenvalue weighted by Crippen LogP contribution is -2.04. The number of carbonyl (C=O) groups is 1. The summed E-state index contributed by atoms with van der Waals surface area (Å²) in [6, 6.07) is 6.23. The maximum Gasteiger partial charge on any atom is 0.306 e. The number of ether oxygens (including phenoxy) is 1. The predicted octanol–water partition coefficient (Wildman–Crippen LogP) is 7.05. The van der Waals surface area contributed by atoms with E-state index in [9.17, 15) is 4.79 Å². The van der Waals surface area contributed by atoms with Crippen LogP contribution in [-0.4, -0.2) is 5.97 Å². The fraction of sp³-hybridized carbons (Fsp3) is 0.696. The highest BCUT2D eigenvalue weighted by atomic mass is 16.5. The number of hydrogen-bond acceptors (Lipinski definition) is 2. The lowest BCUT2D eigenvalue weighted by Gasteiger charge is -2.07. The molecule has 0 aliphatic carbocycles. The van der Waals surface area contributed by atoms with Gasteiger partial charge < -0.3 is 4.74 Å². The third-order valence-electron chi connectivity index (χ3n) is 4.96. The molecule has 0 N–H and O–H groups in total. The van der Waals surface area contributed by atoms with Gasteiger partial charge in [0, 0.05) is 6.42 Å². The Morgan fingerprint density at radius 2 is 1.36 bits per heavy atom. The third kappa shape index (κ3) is 11.0. The summed E-state index contributed by atoms with van der Waals surface area (Å²) >= 11 is 0. The van der Waals surface area contributed by atoms with Crippen LogP contribution in [0.2, 0.25) is 0 Å². The van der Waals surface area contributed by atoms with E-state index in [1.165, 1.54) is 68.9 Å². The summed E-state index contributed by atoms with van der Waals surface area (Å²) in [5.74, 6) is -0.0610. The van der Waals surface area contributed by atoms with Gasteiger partial charge in [0.15, 0.2) is 0 Å². The molecule has 0 saturated carbocycles. The van der Waals surface area contributed by atoms with Crippen molar-refractivity contribution in [2.75, 3.05) is 0 Å². The van der Waals surface area contributed by atoms with Crippen LogP contribution in [0, 0.1) is 13.8 Å². The standard InChI is InChI=1S/C23H38O2/c1-4-5-6-7-8-9-10-11-12-13-14-15-23(24)25-19-22-17-16-20(2)21(3)18-22/h16-18H,4-15,19H2,1-3H3. The molecule has 2 heteroatoms. The Morgan fingerprint density at radius 3 is 1.92 bits per heavy atom. The van der Waals surface area contributed by atoms with E-state index in [0.717, 1.165) is 18.4 Å². The normalized spacial score (nSPS) is 10.8. The van der Waals surface area contributed by atoms with E-state index >= 15 is 0 Å². The summed E-state index contributed by atoms with van der Waals surface area (Å²) in [5, 5.41) is 0. The number of aryl methyl sites for hydroxylation is 2. The first-order valence-corrected chi connectivity index (χ1v) is 10.3. The zero-order chi connectivity index (χ0) is 18.3. The minimum absolute atomic E-state index is 0.0610. The van der Waals surface area contributed by atoms with Crippen LogP contribution >= 0.6 is 0 Å². The molecule has 1 aromatic rings. The smallest absolute Gasteiger partial charge is 0.306 e. The van der Waals surface area contributed by atoms with Gasteiger partial charge in [0.2, 0.25) is 0 Å². The molecule has 0 spiro atoms. The van der Waals surface area contributed by atoms with Crippen molar-refractivity contribution in [2.24, 2.45) is 0 Å². The molecule has 1 rings (SSSR count). The predicted molar refractivity (Wildman–Crippen MR) is 107 cm³/mol. The molecule has 0 aliphatic heterocycles. The van der Waals surface area contributed by atoms with Crippen LogP contribution in [-0.2, 0) is 16.1 Å². The Hall–Kier alpha value is -1.31. The summed E-state index contributed by atoms with van der Waals surface area (Å²) in [6.45, 7) is 6.85. The van der Waals surface area contributed by atoms with Gasteiger partial charge in [0.05, 0.1) is 0 Å². The van der Waals surface area contributed by atoms with Crippen LogP contribution in [0.4, 0.5) is 0 Å². The van der Waals surface area contributed by atoms with Gasteiger partial charge in [-0.3, -0.25) is 4.79 Å². The van der Waals surface area contributed by atoms with E-state index < -0.39 is 0 Å². The molecule has 0 saturated heterocycles. The molecule has 1 aromatic carbocycles. The van der Waals surface area contributed by atoms with Gasteiger partial charge in [0.25, 0.3) is 0 Å². The molecular weight excluding hydrogens is 308 g/mol. The lowest BCUT2D eigenvalue weighted by atomic mass is 10.1. The molecule has 142 valence electrons. The molecule has 0 amide bonds. The van der Waals surface area contributed by atoms with Crippen LogP contribution in [0.3, 0.4) is 0 Å². The fourth-order valence-corrected chi connectivity index (χ4v) is 3.06. The van der Waals surface area contributed by atoms with Crippen LogP contribution in [0.1, 0.15) is 101 Å². The van der Waals surface area contributed by atoms with Crippen LogP contribution < -0.4 is 0 Å². The Labute approximate surface area is 155 Å². The SMILES string of the molecule is CCCCCCCCCCCCCC(=O)OCc1ccc(C)c(C)c1. The van der Waals surface area contributed by atoms with Gasteiger partial charge in [-0.25, -0.2) is 0 Å². The second-order valence-corrected chi connectivity index (χ2v) is 7.36. The molecule has 0 unspecified atom stereocenters. The average molecular weight is 347 g/mol. The van der Waals surface area contributed by atoms with Crippen molar-refractivity contribution in [3.63, 3.8) is 0 Å². The van der Waals surface area contributed by atoms with Gasteiger partial charge in [-0.05, 0) is 37.0 Å². The lowest BCUT2D eigenvalue weighted by molar-refractivity contribution is -0.145. The van der Waals surface area contributed by atoms with Gasteiger partial charge in [0.1, 0.15) is 6.61 Å². The number of esters is 1. The van der Waals surface area contributed by atoms with E-state index in [0.29, 0.717) is 13.0 Å². The van der Waals surface area contributed by atoms with Crippen molar-refractivity contribution in [2.45, 2.75) is 104 Å². The van der Waals surface area contributed by atoms with Crippen molar-refractivity contribution in [3.8, 4) is 0 Å². The minimum Gasteiger partial charge on any atom is -0.461 e. The molecule has 0 heterocycles. The topological polar surface area (TPSA) is 26.3 Å². The van der Waals surface area contributed by atoms with E-state index in [-0.39, 0.29) is 5.97 Å². The van der Waals surface area contributed by atoms with Crippen molar-refractivity contribution >= 4 is 5.97 Å². The number of carbonyl (C=O) groups excluding carboxylic acids is 1. The summed E-state index contributed by atoms with van der Waals surface area (Å²) in [6.07, 6.45) is 14.9. The highest BCUT2D eigenvalue weighted by Crippen LogP contribution is 2.13. The van der Waals surface area contributed by atoms with E-state index in [4.69, 9.17) is 4.74 Å². The molecule has 25 heavy (non-hydrogen) atoms. The molecule has 0 aliphatic rings. The van der Waals surface area contributed by atoms with Gasteiger partial charge in [-0.2, -0.15) is 0 Å². The Kier molecular flexibility index (Phi) is 12.1. The Bertz CT molecular complexity index is 479. The third-order valence-corrected chi connectivity index (χ3v) is 4.96. The van der Waals surface area contributed by atoms with E-state index in [1.54, 1.807) is 0 Å². The number of hydrogen-bond donors (Lipinski definition) is 0. The largest absolute Gasteiger partial charge is 0.461 e. The number of rotatable bonds is 14. The molecule has 0 radical (unpaired) electrons. The van der Waals surface area contributed by atoms with Crippen molar-refractivity contribution in [1.82, 2.24) is 0 Å². The maximum atomic E-state index is 11.8. The van der Waals surface area contributed by atoms with E-state index in [2.05, 4.69) is 32.9 Å². The highest BCUT2D eigenvalue weighted by Gasteiger charge is 2.04. The first kappa shape index (κ1) is 21.7. The van der Waals surface area contributed by atoms with Gasteiger partial charge >= 0.3 is 5.97 Å². The van der Waals surface area contributed by atoms with Crippen molar-refractivity contribution < 1.29 is 9.53 Å². The molecule has 0 aromatic heterocycles. The van der Waals surface area contributed by atoms with Gasteiger partial charge in [-0.15, -0.1) is 0 Å². The average Bonchev–Trinajstić information content (AvgIpc) is 2.60. The monoisotopic (exact) mass is 346 g/mol. The maximum absolute atomic E-state index is 11.8. The summed E-state index contributed by atoms with van der Waals surface area (Å²) in [5.41, 5.74) is 3.60. The highest BCUT2D eigenvalue weighted by molar-refractivity contribution is 5.69. The molecule has 0 atom stereocenters. The Morgan fingerprint density at radius 1 is 0.800 bits per heavy atom. The van der Waals surface area contributed by atoms with Crippen molar-refractivity contribution in [1.29, 1.82) is 0 Å². The zero-order valence-corrected chi connectivity index (χ0v) is 16.7. The van der Waals surface area contributed by atoms with Crippen LogP contribution in [0.15, 0.2) is 18.2 Å². The zero-order valence-electron chi connectivity index (χ0n) is 16.7. The second-order valence-electron chi connectivity index (χ2n) is 7.36. The first-order chi connectivity index (χ1) is 12.1.